The Hall–Kier alpha value is -4.06. The minimum absolute atomic E-state index is 0.0129. The van der Waals surface area contributed by atoms with Crippen molar-refractivity contribution in [2.75, 3.05) is 0 Å². The summed E-state index contributed by atoms with van der Waals surface area (Å²) in [5, 5.41) is 15.6. The fourth-order valence-electron chi connectivity index (χ4n) is 3.52. The van der Waals surface area contributed by atoms with Gasteiger partial charge >= 0.3 is 0 Å². The Morgan fingerprint density at radius 1 is 0.968 bits per heavy atom. The molecule has 154 valence electrons. The monoisotopic (exact) mass is 411 g/mol. The molecule has 1 amide bonds. The fraction of sp³-hybridized carbons (Fsp3) is 0.120. The quantitative estimate of drug-likeness (QED) is 0.340. The molecule has 3 aromatic rings. The topological polar surface area (TPSA) is 84.6 Å². The molecule has 2 unspecified atom stereocenters. The predicted molar refractivity (Wildman–Crippen MR) is 121 cm³/mol. The van der Waals surface area contributed by atoms with Crippen LogP contribution in [-0.2, 0) is 4.79 Å². The molecule has 0 saturated heterocycles. The average Bonchev–Trinajstić information content (AvgIpc) is 3.61. The van der Waals surface area contributed by atoms with Crippen molar-refractivity contribution in [1.82, 2.24) is 5.43 Å². The molecule has 1 aliphatic carbocycles. The van der Waals surface area contributed by atoms with E-state index in [-0.39, 0.29) is 23.4 Å². The molecular weight excluding hydrogens is 390 g/mol. The minimum Gasteiger partial charge on any atom is -0.273 e. The summed E-state index contributed by atoms with van der Waals surface area (Å²) in [7, 11) is 0. The van der Waals surface area contributed by atoms with Gasteiger partial charge < -0.3 is 0 Å². The first-order chi connectivity index (χ1) is 15.1. The van der Waals surface area contributed by atoms with Crippen LogP contribution >= 0.6 is 0 Å². The number of amides is 1. The van der Waals surface area contributed by atoms with E-state index in [1.165, 1.54) is 6.07 Å². The van der Waals surface area contributed by atoms with Gasteiger partial charge in [0.25, 0.3) is 5.69 Å². The third kappa shape index (κ3) is 4.93. The van der Waals surface area contributed by atoms with Crippen LogP contribution in [0.25, 0.3) is 6.08 Å². The molecule has 0 aromatic heterocycles. The Morgan fingerprint density at radius 2 is 1.61 bits per heavy atom. The second-order valence-corrected chi connectivity index (χ2v) is 7.35. The molecule has 1 saturated carbocycles. The third-order valence-electron chi connectivity index (χ3n) is 5.27. The molecule has 0 radical (unpaired) electrons. The highest BCUT2D eigenvalue weighted by Gasteiger charge is 2.43. The van der Waals surface area contributed by atoms with Gasteiger partial charge in [-0.2, -0.15) is 5.10 Å². The molecule has 31 heavy (non-hydrogen) atoms. The predicted octanol–water partition coefficient (Wildman–Crippen LogP) is 4.93. The van der Waals surface area contributed by atoms with Gasteiger partial charge in [-0.3, -0.25) is 14.9 Å². The molecule has 1 N–H and O–H groups in total. The number of para-hydroxylation sites is 1. The summed E-state index contributed by atoms with van der Waals surface area (Å²) in [6.45, 7) is 0. The number of rotatable bonds is 7. The van der Waals surface area contributed by atoms with Gasteiger partial charge in [0, 0.05) is 17.5 Å². The van der Waals surface area contributed by atoms with Crippen LogP contribution in [0.15, 0.2) is 96.1 Å². The largest absolute Gasteiger partial charge is 0.276 e. The van der Waals surface area contributed by atoms with Gasteiger partial charge in [0.1, 0.15) is 0 Å². The van der Waals surface area contributed by atoms with Crippen molar-refractivity contribution in [3.63, 3.8) is 0 Å². The van der Waals surface area contributed by atoms with E-state index in [2.05, 4.69) is 10.5 Å². The van der Waals surface area contributed by atoms with Crippen LogP contribution in [0.3, 0.4) is 0 Å². The maximum absolute atomic E-state index is 12.6. The molecule has 1 aliphatic rings. The molecule has 2 atom stereocenters. The van der Waals surface area contributed by atoms with Crippen LogP contribution in [0.2, 0.25) is 0 Å². The van der Waals surface area contributed by atoms with Crippen LogP contribution in [0.5, 0.6) is 0 Å². The molecular formula is C25H21N3O3. The first-order valence-corrected chi connectivity index (χ1v) is 10.0. The zero-order valence-electron chi connectivity index (χ0n) is 16.7. The number of benzene rings is 3. The summed E-state index contributed by atoms with van der Waals surface area (Å²) in [6, 6.07) is 25.9. The Bertz CT molecular complexity index is 1140. The number of allylic oxidation sites excluding steroid dienone is 1. The summed E-state index contributed by atoms with van der Waals surface area (Å²) in [6.07, 6.45) is 4.12. The van der Waals surface area contributed by atoms with Gasteiger partial charge in [-0.25, -0.2) is 5.43 Å². The van der Waals surface area contributed by atoms with Crippen molar-refractivity contribution in [1.29, 1.82) is 0 Å². The van der Waals surface area contributed by atoms with Crippen molar-refractivity contribution >= 4 is 23.4 Å². The van der Waals surface area contributed by atoms with Crippen molar-refractivity contribution < 1.29 is 9.72 Å². The summed E-state index contributed by atoms with van der Waals surface area (Å²) >= 11 is 0. The zero-order valence-corrected chi connectivity index (χ0v) is 16.7. The van der Waals surface area contributed by atoms with Gasteiger partial charge in [0.15, 0.2) is 0 Å². The number of nitro groups is 1. The van der Waals surface area contributed by atoms with Crippen LogP contribution < -0.4 is 5.43 Å². The third-order valence-corrected chi connectivity index (χ3v) is 5.27. The zero-order chi connectivity index (χ0) is 21.6. The number of hydrogen-bond acceptors (Lipinski definition) is 4. The molecule has 4 rings (SSSR count). The first-order valence-electron chi connectivity index (χ1n) is 10.0. The standard InChI is InChI=1S/C25H21N3O3/c29-25(22-17-21(22)18-9-3-1-4-10-18)27-26-23(19-11-5-2-6-12-19)16-15-20-13-7-8-14-24(20)28(30)31/h1-16,21-22H,17H2,(H,27,29). The van der Waals surface area contributed by atoms with Crippen LogP contribution in [0.4, 0.5) is 5.69 Å². The minimum atomic E-state index is -0.419. The van der Waals surface area contributed by atoms with Crippen LogP contribution in [0.1, 0.15) is 29.0 Å². The lowest BCUT2D eigenvalue weighted by Crippen LogP contribution is -2.21. The number of hydrazone groups is 1. The van der Waals surface area contributed by atoms with E-state index in [0.29, 0.717) is 11.3 Å². The second-order valence-electron chi connectivity index (χ2n) is 7.35. The number of nitrogens with zero attached hydrogens (tertiary/aromatic N) is 2. The van der Waals surface area contributed by atoms with E-state index in [1.54, 1.807) is 30.4 Å². The van der Waals surface area contributed by atoms with Crippen molar-refractivity contribution in [2.24, 2.45) is 11.0 Å². The highest BCUT2D eigenvalue weighted by Crippen LogP contribution is 2.47. The number of carbonyl (C=O) groups is 1. The van der Waals surface area contributed by atoms with Gasteiger partial charge in [0.05, 0.1) is 16.2 Å². The van der Waals surface area contributed by atoms with Gasteiger partial charge in [-0.1, -0.05) is 72.8 Å². The molecule has 0 spiro atoms. The lowest BCUT2D eigenvalue weighted by atomic mass is 10.1. The van der Waals surface area contributed by atoms with E-state index < -0.39 is 4.92 Å². The molecule has 6 heteroatoms. The molecule has 6 nitrogen and oxygen atoms in total. The van der Waals surface area contributed by atoms with Gasteiger partial charge in [0.2, 0.25) is 5.91 Å². The molecule has 1 fully saturated rings. The van der Waals surface area contributed by atoms with E-state index in [9.17, 15) is 14.9 Å². The summed E-state index contributed by atoms with van der Waals surface area (Å²) < 4.78 is 0. The lowest BCUT2D eigenvalue weighted by Gasteiger charge is -2.04. The van der Waals surface area contributed by atoms with Crippen LogP contribution in [-0.4, -0.2) is 16.5 Å². The second kappa shape index (κ2) is 9.17. The maximum atomic E-state index is 12.6. The molecule has 0 heterocycles. The highest BCUT2D eigenvalue weighted by molar-refractivity contribution is 6.11. The lowest BCUT2D eigenvalue weighted by molar-refractivity contribution is -0.385. The summed E-state index contributed by atoms with van der Waals surface area (Å²) in [4.78, 5) is 23.5. The summed E-state index contributed by atoms with van der Waals surface area (Å²) in [5.74, 6) is 0.00262. The van der Waals surface area contributed by atoms with Gasteiger partial charge in [-0.05, 0) is 36.1 Å². The van der Waals surface area contributed by atoms with E-state index in [1.807, 2.05) is 60.7 Å². The highest BCUT2D eigenvalue weighted by atomic mass is 16.6. The molecule has 0 aliphatic heterocycles. The average molecular weight is 411 g/mol. The van der Waals surface area contributed by atoms with E-state index >= 15 is 0 Å². The van der Waals surface area contributed by atoms with E-state index in [4.69, 9.17) is 0 Å². The Labute approximate surface area is 180 Å². The van der Waals surface area contributed by atoms with Gasteiger partial charge in [-0.15, -0.1) is 0 Å². The number of hydrogen-bond donors (Lipinski definition) is 1. The van der Waals surface area contributed by atoms with E-state index in [0.717, 1.165) is 17.5 Å². The molecule has 3 aromatic carbocycles. The van der Waals surface area contributed by atoms with Crippen molar-refractivity contribution in [3.05, 3.63) is 118 Å². The SMILES string of the molecule is O=C(NN=C(C=Cc1ccccc1[N+](=O)[O-])c1ccccc1)C1CC1c1ccccc1. The normalized spacial score (nSPS) is 18.0. The fourth-order valence-corrected chi connectivity index (χ4v) is 3.52. The first kappa shape index (κ1) is 20.2. The van der Waals surface area contributed by atoms with Crippen molar-refractivity contribution in [2.45, 2.75) is 12.3 Å². The number of nitrogens with one attached hydrogen (secondary N) is 1. The Balaban J connectivity index is 1.53. The van der Waals surface area contributed by atoms with Crippen LogP contribution in [0, 0.1) is 16.0 Å². The number of nitro benzene ring substituents is 1. The Morgan fingerprint density at radius 3 is 2.32 bits per heavy atom. The maximum Gasteiger partial charge on any atom is 0.276 e. The molecule has 0 bridgehead atoms. The summed E-state index contributed by atoms with van der Waals surface area (Å²) in [5.41, 5.74) is 5.64. The Kier molecular flexibility index (Phi) is 5.98. The van der Waals surface area contributed by atoms with Crippen molar-refractivity contribution in [3.8, 4) is 0 Å². The smallest absolute Gasteiger partial charge is 0.273 e. The number of carbonyl (C=O) groups excluding carboxylic acids is 1.